The molecule has 1 saturated heterocycles. The van der Waals surface area contributed by atoms with Crippen LogP contribution in [-0.4, -0.2) is 39.3 Å². The van der Waals surface area contributed by atoms with Crippen molar-refractivity contribution < 1.29 is 20.1 Å². The van der Waals surface area contributed by atoms with Crippen molar-refractivity contribution in [2.45, 2.75) is 30.7 Å². The number of carboxylic acid groups (broad SMARTS) is 1. The molecule has 2 bridgehead atoms. The summed E-state index contributed by atoms with van der Waals surface area (Å²) in [7, 11) is 0. The number of phenolic OH excluding ortho intramolecular Hbond substituents is 2. The third kappa shape index (κ3) is 2.66. The zero-order valence-corrected chi connectivity index (χ0v) is 18.3. The summed E-state index contributed by atoms with van der Waals surface area (Å²) in [5.41, 5.74) is 2.94. The van der Waals surface area contributed by atoms with Crippen LogP contribution < -0.4 is 0 Å². The third-order valence-corrected chi connectivity index (χ3v) is 8.55. The Morgan fingerprint density at radius 1 is 0.970 bits per heavy atom. The molecule has 3 aromatic carbocycles. The van der Waals surface area contributed by atoms with Gasteiger partial charge in [0.1, 0.15) is 0 Å². The van der Waals surface area contributed by atoms with Crippen LogP contribution in [0.1, 0.15) is 41.0 Å². The number of hydrogen-bond acceptors (Lipinski definition) is 4. The van der Waals surface area contributed by atoms with Gasteiger partial charge < -0.3 is 15.3 Å². The van der Waals surface area contributed by atoms with Gasteiger partial charge in [-0.3, -0.25) is 9.69 Å². The average Bonchev–Trinajstić information content (AvgIpc) is 3.24. The lowest BCUT2D eigenvalue weighted by Gasteiger charge is -2.59. The van der Waals surface area contributed by atoms with E-state index in [1.807, 2.05) is 36.4 Å². The van der Waals surface area contributed by atoms with Crippen molar-refractivity contribution >= 4 is 5.97 Å². The molecule has 1 aliphatic heterocycles. The number of aromatic hydroxyl groups is 2. The predicted molar refractivity (Wildman–Crippen MR) is 124 cm³/mol. The first-order chi connectivity index (χ1) is 16.0. The Morgan fingerprint density at radius 2 is 1.73 bits per heavy atom. The molecule has 4 aliphatic rings. The van der Waals surface area contributed by atoms with Gasteiger partial charge in [-0.1, -0.05) is 60.7 Å². The van der Waals surface area contributed by atoms with E-state index in [1.165, 1.54) is 17.2 Å². The minimum atomic E-state index is -0.894. The van der Waals surface area contributed by atoms with Crippen molar-refractivity contribution in [2.24, 2.45) is 11.3 Å². The van der Waals surface area contributed by atoms with Gasteiger partial charge in [-0.2, -0.15) is 0 Å². The lowest BCUT2D eigenvalue weighted by atomic mass is 9.42. The van der Waals surface area contributed by atoms with Crippen LogP contribution in [0.15, 0.2) is 72.8 Å². The van der Waals surface area contributed by atoms with Gasteiger partial charge in [-0.25, -0.2) is 0 Å². The van der Waals surface area contributed by atoms with E-state index in [2.05, 4.69) is 29.2 Å². The molecular weight excluding hydrogens is 414 g/mol. The largest absolute Gasteiger partial charge is 0.504 e. The van der Waals surface area contributed by atoms with E-state index in [9.17, 15) is 20.1 Å². The maximum atomic E-state index is 13.1. The quantitative estimate of drug-likeness (QED) is 0.520. The van der Waals surface area contributed by atoms with Gasteiger partial charge in [-0.15, -0.1) is 0 Å². The number of nitrogens with zero attached hydrogens (tertiary/aromatic N) is 1. The number of carbonyl (C=O) groups is 1. The van der Waals surface area contributed by atoms with Gasteiger partial charge in [0.15, 0.2) is 11.5 Å². The Kier molecular flexibility index (Phi) is 4.36. The summed E-state index contributed by atoms with van der Waals surface area (Å²) < 4.78 is 0. The molecule has 5 nitrogen and oxygen atoms in total. The number of hydrogen-bond donors (Lipinski definition) is 3. The monoisotopic (exact) mass is 441 g/mol. The third-order valence-electron chi connectivity index (χ3n) is 8.55. The minimum absolute atomic E-state index is 0.0374. The van der Waals surface area contributed by atoms with Crippen LogP contribution in [-0.2, 0) is 16.8 Å². The molecule has 3 aromatic rings. The van der Waals surface area contributed by atoms with Crippen LogP contribution in [0.5, 0.6) is 11.5 Å². The number of carboxylic acids is 1. The second-order valence-corrected chi connectivity index (χ2v) is 9.91. The minimum Gasteiger partial charge on any atom is -0.504 e. The highest BCUT2D eigenvalue weighted by molar-refractivity contribution is 5.80. The van der Waals surface area contributed by atoms with E-state index in [0.717, 1.165) is 24.0 Å². The van der Waals surface area contributed by atoms with Crippen LogP contribution in [0.4, 0.5) is 0 Å². The molecule has 0 aromatic heterocycles. The predicted octanol–water partition coefficient (Wildman–Crippen LogP) is 4.48. The van der Waals surface area contributed by atoms with E-state index in [4.69, 9.17) is 0 Å². The van der Waals surface area contributed by atoms with Gasteiger partial charge in [0.05, 0.1) is 5.41 Å². The Balaban J connectivity index is 1.55. The van der Waals surface area contributed by atoms with E-state index >= 15 is 0 Å². The molecule has 7 rings (SSSR count). The van der Waals surface area contributed by atoms with Crippen LogP contribution in [0, 0.1) is 11.3 Å². The summed E-state index contributed by atoms with van der Waals surface area (Å²) in [6.45, 7) is 1.90. The summed E-state index contributed by atoms with van der Waals surface area (Å²) in [6, 6.07) is 23.5. The number of aliphatic carboxylic acids is 1. The normalized spacial score (nSPS) is 30.1. The molecule has 4 unspecified atom stereocenters. The van der Waals surface area contributed by atoms with E-state index in [1.54, 1.807) is 6.07 Å². The number of likely N-dealkylation sites (tertiary alicyclic amines) is 1. The fourth-order valence-electron chi connectivity index (χ4n) is 7.31. The molecule has 0 spiro atoms. The van der Waals surface area contributed by atoms with Crippen molar-refractivity contribution in [3.05, 3.63) is 95.1 Å². The fraction of sp³-hybridized carbons (Fsp3) is 0.321. The first-order valence-electron chi connectivity index (χ1n) is 11.6. The highest BCUT2D eigenvalue weighted by Gasteiger charge is 2.70. The molecule has 3 N–H and O–H groups in total. The maximum Gasteiger partial charge on any atom is 0.311 e. The second kappa shape index (κ2) is 7.09. The van der Waals surface area contributed by atoms with E-state index in [0.29, 0.717) is 19.6 Å². The van der Waals surface area contributed by atoms with Crippen LogP contribution in [0.2, 0.25) is 0 Å². The molecule has 168 valence electrons. The smallest absolute Gasteiger partial charge is 0.311 e. The van der Waals surface area contributed by atoms with Gasteiger partial charge in [0, 0.05) is 36.9 Å². The molecule has 0 radical (unpaired) electrons. The molecule has 33 heavy (non-hydrogen) atoms. The first kappa shape index (κ1) is 20.3. The Hall–Kier alpha value is -3.31. The first-order valence-corrected chi connectivity index (χ1v) is 11.6. The van der Waals surface area contributed by atoms with Gasteiger partial charge >= 0.3 is 5.97 Å². The van der Waals surface area contributed by atoms with E-state index in [-0.39, 0.29) is 23.3 Å². The molecular formula is C28H27NO4. The van der Waals surface area contributed by atoms with Crippen molar-refractivity contribution in [1.82, 2.24) is 4.90 Å². The Morgan fingerprint density at radius 3 is 2.48 bits per heavy atom. The van der Waals surface area contributed by atoms with Crippen molar-refractivity contribution in [3.63, 3.8) is 0 Å². The zero-order valence-electron chi connectivity index (χ0n) is 18.3. The highest BCUT2D eigenvalue weighted by Crippen LogP contribution is 2.69. The van der Waals surface area contributed by atoms with Gasteiger partial charge in [0.25, 0.3) is 0 Å². The summed E-state index contributed by atoms with van der Waals surface area (Å²) in [6.07, 6.45) is 1.62. The standard InChI is InChI=1S/C28H27NO4/c30-23-11-10-19(14-24(23)31)27-13-12-22(20-8-4-5-9-21(20)27)28(26(32)33)17-29(16-25(27)28)15-18-6-2-1-3-7-18/h1-11,14,22,25,30-31H,12-13,15-17H2,(H,32,33). The van der Waals surface area contributed by atoms with Crippen molar-refractivity contribution in [1.29, 1.82) is 0 Å². The number of benzene rings is 3. The number of fused-ring (bicyclic) bond motifs is 1. The summed E-state index contributed by atoms with van der Waals surface area (Å²) >= 11 is 0. The highest BCUT2D eigenvalue weighted by atomic mass is 16.4. The maximum absolute atomic E-state index is 13.1. The van der Waals surface area contributed by atoms with Crippen LogP contribution in [0.3, 0.4) is 0 Å². The molecule has 0 amide bonds. The lowest BCUT2D eigenvalue weighted by Crippen LogP contribution is -2.60. The van der Waals surface area contributed by atoms with Crippen LogP contribution in [0.25, 0.3) is 0 Å². The van der Waals surface area contributed by atoms with Gasteiger partial charge in [0.2, 0.25) is 0 Å². The number of phenols is 2. The van der Waals surface area contributed by atoms with Crippen LogP contribution >= 0.6 is 0 Å². The summed E-state index contributed by atoms with van der Waals surface area (Å²) in [4.78, 5) is 15.4. The fourth-order valence-corrected chi connectivity index (χ4v) is 7.31. The van der Waals surface area contributed by atoms with E-state index < -0.39 is 16.8 Å². The molecule has 4 atom stereocenters. The molecule has 1 heterocycles. The molecule has 3 aliphatic carbocycles. The van der Waals surface area contributed by atoms with Gasteiger partial charge in [-0.05, 0) is 47.2 Å². The SMILES string of the molecule is O=C(O)C12CN(Cc3ccccc3)CC1C1(c3ccc(O)c(O)c3)CCC2c2ccccc21. The van der Waals surface area contributed by atoms with Crippen molar-refractivity contribution in [3.8, 4) is 11.5 Å². The van der Waals surface area contributed by atoms with Crippen molar-refractivity contribution in [2.75, 3.05) is 13.1 Å². The molecule has 1 saturated carbocycles. The lowest BCUT2D eigenvalue weighted by molar-refractivity contribution is -0.157. The number of rotatable bonds is 4. The summed E-state index contributed by atoms with van der Waals surface area (Å²) in [5, 5.41) is 31.1. The average molecular weight is 442 g/mol. The Labute approximate surface area is 192 Å². The molecule has 5 heteroatoms. The summed E-state index contributed by atoms with van der Waals surface area (Å²) in [5.74, 6) is -1.22. The Bertz CT molecular complexity index is 1240. The second-order valence-electron chi connectivity index (χ2n) is 9.91. The molecule has 2 fully saturated rings. The topological polar surface area (TPSA) is 81.0 Å². The zero-order chi connectivity index (χ0) is 22.8.